The van der Waals surface area contributed by atoms with Gasteiger partial charge in [-0.2, -0.15) is 0 Å². The molecule has 19 heavy (non-hydrogen) atoms. The minimum atomic E-state index is 0.471. The number of carbonyl (C=O) groups excluding carboxylic acids is 1. The smallest absolute Gasteiger partial charge is 0.209 e. The molecular weight excluding hydrogens is 238 g/mol. The van der Waals surface area contributed by atoms with Crippen LogP contribution in [0.2, 0.25) is 0 Å². The van der Waals surface area contributed by atoms with Crippen molar-refractivity contribution in [2.75, 3.05) is 13.1 Å². The van der Waals surface area contributed by atoms with Crippen LogP contribution in [0, 0.1) is 0 Å². The number of nitrogens with zero attached hydrogens (tertiary/aromatic N) is 3. The van der Waals surface area contributed by atoms with E-state index in [9.17, 15) is 4.79 Å². The van der Waals surface area contributed by atoms with E-state index < -0.39 is 0 Å². The van der Waals surface area contributed by atoms with Gasteiger partial charge >= 0.3 is 0 Å². The highest BCUT2D eigenvalue weighted by molar-refractivity contribution is 5.77. The Morgan fingerprint density at radius 1 is 1.11 bits per heavy atom. The molecule has 1 saturated heterocycles. The summed E-state index contributed by atoms with van der Waals surface area (Å²) in [5.41, 5.74) is 4.76. The summed E-state index contributed by atoms with van der Waals surface area (Å²) in [6.45, 7) is 1.72. The zero-order valence-corrected chi connectivity index (χ0v) is 10.6. The highest BCUT2D eigenvalue weighted by Crippen LogP contribution is 2.46. The van der Waals surface area contributed by atoms with Gasteiger partial charge in [0.2, 0.25) is 6.41 Å². The maximum absolute atomic E-state index is 11.0. The molecule has 2 unspecified atom stereocenters. The summed E-state index contributed by atoms with van der Waals surface area (Å²) in [7, 11) is 0. The van der Waals surface area contributed by atoms with Crippen LogP contribution in [0.3, 0.4) is 0 Å². The number of likely N-dealkylation sites (tertiary alicyclic amines) is 1. The Morgan fingerprint density at radius 3 is 2.47 bits per heavy atom. The van der Waals surface area contributed by atoms with Gasteiger partial charge in [-0.1, -0.05) is 0 Å². The Kier molecular flexibility index (Phi) is 2.31. The third-order valence-corrected chi connectivity index (χ3v) is 4.49. The van der Waals surface area contributed by atoms with E-state index in [2.05, 4.69) is 22.1 Å². The van der Waals surface area contributed by atoms with Crippen molar-refractivity contribution < 1.29 is 4.79 Å². The summed E-state index contributed by atoms with van der Waals surface area (Å²) in [4.78, 5) is 21.7. The van der Waals surface area contributed by atoms with Gasteiger partial charge in [0.05, 0.1) is 11.0 Å². The van der Waals surface area contributed by atoms with Crippen LogP contribution in [-0.4, -0.2) is 34.4 Å². The van der Waals surface area contributed by atoms with E-state index >= 15 is 0 Å². The molecule has 2 bridgehead atoms. The molecule has 1 amide bonds. The molecule has 1 aliphatic carbocycles. The molecule has 4 nitrogen and oxygen atoms in total. The zero-order valence-electron chi connectivity index (χ0n) is 10.6. The highest BCUT2D eigenvalue weighted by atomic mass is 16.1. The van der Waals surface area contributed by atoms with Crippen LogP contribution in [0.5, 0.6) is 0 Å². The molecule has 1 aromatic carbocycles. The normalized spacial score (nSPS) is 25.2. The fraction of sp³-hybridized carbons (Fsp3) is 0.400. The highest BCUT2D eigenvalue weighted by Gasteiger charge is 2.35. The van der Waals surface area contributed by atoms with Crippen molar-refractivity contribution in [2.24, 2.45) is 0 Å². The van der Waals surface area contributed by atoms with E-state index in [0.29, 0.717) is 11.8 Å². The number of fused-ring (bicyclic) bond motifs is 6. The molecule has 1 aromatic heterocycles. The molecule has 1 aliphatic heterocycles. The minimum absolute atomic E-state index is 0.471. The molecule has 4 rings (SSSR count). The summed E-state index contributed by atoms with van der Waals surface area (Å²) >= 11 is 0. The number of aromatic nitrogens is 2. The van der Waals surface area contributed by atoms with Gasteiger partial charge in [-0.15, -0.1) is 0 Å². The predicted octanol–water partition coefficient (Wildman–Crippen LogP) is 2.06. The average Bonchev–Trinajstić information content (AvgIpc) is 2.64. The molecule has 0 radical (unpaired) electrons. The molecular formula is C15H15N3O. The second-order valence-electron chi connectivity index (χ2n) is 5.54. The lowest BCUT2D eigenvalue weighted by atomic mass is 9.97. The van der Waals surface area contributed by atoms with E-state index in [4.69, 9.17) is 0 Å². The summed E-state index contributed by atoms with van der Waals surface area (Å²) in [5.74, 6) is 1.05. The van der Waals surface area contributed by atoms with Gasteiger partial charge in [0, 0.05) is 31.4 Å². The third kappa shape index (κ3) is 1.63. The lowest BCUT2D eigenvalue weighted by Gasteiger charge is -2.22. The van der Waals surface area contributed by atoms with Gasteiger partial charge in [-0.3, -0.25) is 14.8 Å². The van der Waals surface area contributed by atoms with E-state index in [1.54, 1.807) is 12.4 Å². The van der Waals surface area contributed by atoms with Crippen molar-refractivity contribution in [1.29, 1.82) is 0 Å². The van der Waals surface area contributed by atoms with Crippen LogP contribution in [0.15, 0.2) is 24.5 Å². The van der Waals surface area contributed by atoms with Crippen LogP contribution in [0.25, 0.3) is 11.0 Å². The summed E-state index contributed by atoms with van der Waals surface area (Å²) < 4.78 is 0. The molecule has 2 atom stereocenters. The van der Waals surface area contributed by atoms with Crippen LogP contribution < -0.4 is 0 Å². The van der Waals surface area contributed by atoms with Crippen LogP contribution in [-0.2, 0) is 4.79 Å². The Labute approximate surface area is 111 Å². The van der Waals surface area contributed by atoms with E-state index in [1.165, 1.54) is 11.1 Å². The first-order valence-corrected chi connectivity index (χ1v) is 6.79. The van der Waals surface area contributed by atoms with Crippen molar-refractivity contribution in [2.45, 2.75) is 24.7 Å². The lowest BCUT2D eigenvalue weighted by Crippen LogP contribution is -2.27. The Bertz CT molecular complexity index is 655. The van der Waals surface area contributed by atoms with Crippen LogP contribution in [0.4, 0.5) is 0 Å². The number of benzene rings is 1. The number of carbonyl (C=O) groups is 1. The summed E-state index contributed by atoms with van der Waals surface area (Å²) in [6.07, 6.45) is 6.70. The largest absolute Gasteiger partial charge is 0.345 e. The summed E-state index contributed by atoms with van der Waals surface area (Å²) in [6, 6.07) is 4.38. The van der Waals surface area contributed by atoms with E-state index in [1.807, 2.05) is 4.90 Å². The van der Waals surface area contributed by atoms with Gasteiger partial charge < -0.3 is 4.90 Å². The second kappa shape index (κ2) is 4.02. The predicted molar refractivity (Wildman–Crippen MR) is 71.9 cm³/mol. The third-order valence-electron chi connectivity index (χ3n) is 4.49. The van der Waals surface area contributed by atoms with E-state index in [0.717, 1.165) is 43.4 Å². The van der Waals surface area contributed by atoms with Gasteiger partial charge in [-0.25, -0.2) is 0 Å². The number of hydrogen-bond acceptors (Lipinski definition) is 3. The molecule has 1 fully saturated rings. The summed E-state index contributed by atoms with van der Waals surface area (Å²) in [5, 5.41) is 0. The SMILES string of the molecule is O=CN1CCC2CC(C1)c1cc3nccnc3cc12. The van der Waals surface area contributed by atoms with Crippen molar-refractivity contribution in [1.82, 2.24) is 14.9 Å². The quantitative estimate of drug-likeness (QED) is 0.731. The molecule has 0 N–H and O–H groups in total. The van der Waals surface area contributed by atoms with Crippen LogP contribution >= 0.6 is 0 Å². The first-order chi connectivity index (χ1) is 9.35. The standard InChI is InChI=1S/C15H15N3O/c19-9-18-4-1-10-5-11(8-18)13-7-15-14(6-12(10)13)16-2-3-17-15/h2-3,6-7,9-11H,1,4-5,8H2. The van der Waals surface area contributed by atoms with Crippen molar-refractivity contribution >= 4 is 17.4 Å². The number of rotatable bonds is 1. The van der Waals surface area contributed by atoms with Crippen molar-refractivity contribution in [3.05, 3.63) is 35.7 Å². The van der Waals surface area contributed by atoms with Gasteiger partial charge in [0.1, 0.15) is 0 Å². The Morgan fingerprint density at radius 2 is 1.79 bits per heavy atom. The second-order valence-corrected chi connectivity index (χ2v) is 5.54. The van der Waals surface area contributed by atoms with Gasteiger partial charge in [0.15, 0.2) is 0 Å². The topological polar surface area (TPSA) is 46.1 Å². The molecule has 2 heterocycles. The number of hydrogen-bond donors (Lipinski definition) is 0. The fourth-order valence-electron chi connectivity index (χ4n) is 3.59. The molecule has 2 aromatic rings. The van der Waals surface area contributed by atoms with Crippen molar-refractivity contribution in [3.63, 3.8) is 0 Å². The molecule has 2 aliphatic rings. The van der Waals surface area contributed by atoms with E-state index in [-0.39, 0.29) is 0 Å². The molecule has 0 spiro atoms. The molecule has 4 heteroatoms. The lowest BCUT2D eigenvalue weighted by molar-refractivity contribution is -0.118. The van der Waals surface area contributed by atoms with Gasteiger partial charge in [-0.05, 0) is 42.0 Å². The average molecular weight is 253 g/mol. The zero-order chi connectivity index (χ0) is 12.8. The molecule has 96 valence electrons. The monoisotopic (exact) mass is 253 g/mol. The minimum Gasteiger partial charge on any atom is -0.345 e. The maximum Gasteiger partial charge on any atom is 0.209 e. The van der Waals surface area contributed by atoms with Gasteiger partial charge in [0.25, 0.3) is 0 Å². The Hall–Kier alpha value is -1.97. The van der Waals surface area contributed by atoms with Crippen molar-refractivity contribution in [3.8, 4) is 0 Å². The first-order valence-electron chi connectivity index (χ1n) is 6.79. The molecule has 0 saturated carbocycles. The Balaban J connectivity index is 1.86. The fourth-order valence-corrected chi connectivity index (χ4v) is 3.59. The van der Waals surface area contributed by atoms with Crippen LogP contribution in [0.1, 0.15) is 35.8 Å². The number of amides is 1. The maximum atomic E-state index is 11.0. The first kappa shape index (κ1) is 10.9.